The van der Waals surface area contributed by atoms with Crippen LogP contribution in [0.15, 0.2) is 29.5 Å². The van der Waals surface area contributed by atoms with Crippen LogP contribution in [-0.4, -0.2) is 61.4 Å². The molecule has 0 atom stereocenters. The van der Waals surface area contributed by atoms with Gasteiger partial charge in [-0.1, -0.05) is 6.07 Å². The molecule has 27 heavy (non-hydrogen) atoms. The average molecular weight is 407 g/mol. The number of sulfonamides is 1. The van der Waals surface area contributed by atoms with Gasteiger partial charge in [0.1, 0.15) is 0 Å². The number of piperidine rings is 1. The number of aliphatic imine (C=N–C) groups is 1. The molecule has 1 fully saturated rings. The Morgan fingerprint density at radius 1 is 1.37 bits per heavy atom. The van der Waals surface area contributed by atoms with E-state index in [1.54, 1.807) is 12.4 Å². The second kappa shape index (κ2) is 9.36. The molecule has 1 aromatic rings. The molecule has 11 heteroatoms. The van der Waals surface area contributed by atoms with Crippen molar-refractivity contribution in [2.24, 2.45) is 4.99 Å². The van der Waals surface area contributed by atoms with Gasteiger partial charge in [-0.15, -0.1) is 0 Å². The molecular weight excluding hydrogens is 383 g/mol. The van der Waals surface area contributed by atoms with E-state index in [2.05, 4.69) is 20.6 Å². The van der Waals surface area contributed by atoms with Gasteiger partial charge >= 0.3 is 15.5 Å². The first kappa shape index (κ1) is 21.4. The molecule has 2 rings (SSSR count). The van der Waals surface area contributed by atoms with E-state index in [1.807, 2.05) is 19.1 Å². The van der Waals surface area contributed by atoms with E-state index in [-0.39, 0.29) is 32.0 Å². The highest BCUT2D eigenvalue weighted by atomic mass is 32.2. The Morgan fingerprint density at radius 3 is 2.63 bits per heavy atom. The van der Waals surface area contributed by atoms with Crippen LogP contribution in [0.4, 0.5) is 13.2 Å². The van der Waals surface area contributed by atoms with E-state index in [9.17, 15) is 21.6 Å². The highest BCUT2D eigenvalue weighted by Gasteiger charge is 2.50. The summed E-state index contributed by atoms with van der Waals surface area (Å²) in [5.41, 5.74) is -4.20. The van der Waals surface area contributed by atoms with Gasteiger partial charge in [0.25, 0.3) is 0 Å². The fourth-order valence-corrected chi connectivity index (χ4v) is 3.73. The van der Waals surface area contributed by atoms with Crippen molar-refractivity contribution in [1.82, 2.24) is 19.9 Å². The number of hydrogen-bond acceptors (Lipinski definition) is 4. The SMILES string of the molecule is CCNC(=NCCc1cccnc1)NC1CCN(S(=O)(=O)C(F)(F)F)CC1. The lowest BCUT2D eigenvalue weighted by atomic mass is 10.1. The Labute approximate surface area is 157 Å². The Kier molecular flexibility index (Phi) is 7.42. The molecular formula is C16H24F3N5O2S. The lowest BCUT2D eigenvalue weighted by Gasteiger charge is -2.32. The van der Waals surface area contributed by atoms with Gasteiger partial charge in [0.2, 0.25) is 0 Å². The van der Waals surface area contributed by atoms with Crippen molar-refractivity contribution >= 4 is 16.0 Å². The molecule has 0 bridgehead atoms. The second-order valence-electron chi connectivity index (χ2n) is 6.14. The summed E-state index contributed by atoms with van der Waals surface area (Å²) in [6.45, 7) is 2.74. The smallest absolute Gasteiger partial charge is 0.357 e. The van der Waals surface area contributed by atoms with Crippen molar-refractivity contribution < 1.29 is 21.6 Å². The van der Waals surface area contributed by atoms with Gasteiger partial charge in [-0.2, -0.15) is 17.5 Å². The highest BCUT2D eigenvalue weighted by Crippen LogP contribution is 2.28. The largest absolute Gasteiger partial charge is 0.511 e. The Bertz CT molecular complexity index is 717. The number of alkyl halides is 3. The van der Waals surface area contributed by atoms with Crippen molar-refractivity contribution in [3.8, 4) is 0 Å². The van der Waals surface area contributed by atoms with Crippen LogP contribution >= 0.6 is 0 Å². The van der Waals surface area contributed by atoms with Gasteiger partial charge < -0.3 is 10.6 Å². The molecule has 7 nitrogen and oxygen atoms in total. The van der Waals surface area contributed by atoms with Gasteiger partial charge in [0.15, 0.2) is 5.96 Å². The predicted octanol–water partition coefficient (Wildman–Crippen LogP) is 1.49. The summed E-state index contributed by atoms with van der Waals surface area (Å²) in [5, 5.41) is 6.27. The summed E-state index contributed by atoms with van der Waals surface area (Å²) < 4.78 is 61.3. The Morgan fingerprint density at radius 2 is 2.07 bits per heavy atom. The summed E-state index contributed by atoms with van der Waals surface area (Å²) in [5.74, 6) is 0.568. The van der Waals surface area contributed by atoms with Gasteiger partial charge in [-0.25, -0.2) is 8.42 Å². The molecule has 1 aliphatic heterocycles. The van der Waals surface area contributed by atoms with Crippen LogP contribution < -0.4 is 10.6 Å². The van der Waals surface area contributed by atoms with Crippen molar-refractivity contribution in [3.63, 3.8) is 0 Å². The van der Waals surface area contributed by atoms with Crippen LogP contribution in [0.3, 0.4) is 0 Å². The van der Waals surface area contributed by atoms with Crippen LogP contribution in [0.5, 0.6) is 0 Å². The Hall–Kier alpha value is -1.88. The number of halogens is 3. The average Bonchev–Trinajstić information content (AvgIpc) is 2.62. The third kappa shape index (κ3) is 6.06. The fourth-order valence-electron chi connectivity index (χ4n) is 2.74. The maximum atomic E-state index is 12.6. The molecule has 0 unspecified atom stereocenters. The Balaban J connectivity index is 1.87. The molecule has 0 aromatic carbocycles. The summed E-state index contributed by atoms with van der Waals surface area (Å²) >= 11 is 0. The van der Waals surface area contributed by atoms with Gasteiger partial charge in [0.05, 0.1) is 0 Å². The molecule has 0 amide bonds. The van der Waals surface area contributed by atoms with Crippen LogP contribution in [0.2, 0.25) is 0 Å². The summed E-state index contributed by atoms with van der Waals surface area (Å²) in [4.78, 5) is 8.51. The third-order valence-corrected chi connectivity index (χ3v) is 5.79. The molecule has 1 aromatic heterocycles. The molecule has 1 saturated heterocycles. The fraction of sp³-hybridized carbons (Fsp3) is 0.625. The first-order chi connectivity index (χ1) is 12.7. The molecule has 2 N–H and O–H groups in total. The monoisotopic (exact) mass is 407 g/mol. The van der Waals surface area contributed by atoms with Crippen LogP contribution in [0, 0.1) is 0 Å². The molecule has 2 heterocycles. The molecule has 0 spiro atoms. The van der Waals surface area contributed by atoms with Gasteiger partial charge in [0, 0.05) is 44.6 Å². The summed E-state index contributed by atoms with van der Waals surface area (Å²) in [7, 11) is -5.25. The zero-order valence-corrected chi connectivity index (χ0v) is 15.9. The maximum absolute atomic E-state index is 12.6. The minimum Gasteiger partial charge on any atom is -0.357 e. The van der Waals surface area contributed by atoms with Crippen LogP contribution in [0.25, 0.3) is 0 Å². The van der Waals surface area contributed by atoms with E-state index < -0.39 is 15.5 Å². The van der Waals surface area contributed by atoms with Crippen molar-refractivity contribution in [2.75, 3.05) is 26.2 Å². The van der Waals surface area contributed by atoms with Crippen LogP contribution in [-0.2, 0) is 16.4 Å². The standard InChI is InChI=1S/C16H24F3N5O2S/c1-2-21-15(22-9-5-13-4-3-8-20-12-13)23-14-6-10-24(11-7-14)27(25,26)16(17,18)19/h3-4,8,12,14H,2,5-7,9-11H2,1H3,(H2,21,22,23). The minimum atomic E-state index is -5.25. The molecule has 1 aliphatic rings. The first-order valence-electron chi connectivity index (χ1n) is 8.74. The third-order valence-electron chi connectivity index (χ3n) is 4.16. The van der Waals surface area contributed by atoms with Crippen LogP contribution in [0.1, 0.15) is 25.3 Å². The predicted molar refractivity (Wildman–Crippen MR) is 96.6 cm³/mol. The number of nitrogens with zero attached hydrogens (tertiary/aromatic N) is 3. The minimum absolute atomic E-state index is 0.138. The number of rotatable bonds is 6. The first-order valence-corrected chi connectivity index (χ1v) is 10.2. The summed E-state index contributed by atoms with van der Waals surface area (Å²) in [6.07, 6.45) is 4.74. The quantitative estimate of drug-likeness (QED) is 0.551. The van der Waals surface area contributed by atoms with Gasteiger partial charge in [-0.3, -0.25) is 9.98 Å². The molecule has 152 valence electrons. The zero-order chi connectivity index (χ0) is 19.9. The lowest BCUT2D eigenvalue weighted by Crippen LogP contribution is -2.51. The lowest BCUT2D eigenvalue weighted by molar-refractivity contribution is -0.0494. The molecule has 0 aliphatic carbocycles. The van der Waals surface area contributed by atoms with Gasteiger partial charge in [-0.05, 0) is 37.8 Å². The van der Waals surface area contributed by atoms with Crippen molar-refractivity contribution in [1.29, 1.82) is 0 Å². The van der Waals surface area contributed by atoms with E-state index in [4.69, 9.17) is 0 Å². The van der Waals surface area contributed by atoms with E-state index >= 15 is 0 Å². The van der Waals surface area contributed by atoms with Crippen molar-refractivity contribution in [2.45, 2.75) is 37.7 Å². The number of nitrogens with one attached hydrogen (secondary N) is 2. The zero-order valence-electron chi connectivity index (χ0n) is 15.0. The van der Waals surface area contributed by atoms with E-state index in [0.29, 0.717) is 29.8 Å². The van der Waals surface area contributed by atoms with E-state index in [1.165, 1.54) is 0 Å². The maximum Gasteiger partial charge on any atom is 0.511 e. The van der Waals surface area contributed by atoms with E-state index in [0.717, 1.165) is 5.56 Å². The second-order valence-corrected chi connectivity index (χ2v) is 8.07. The normalized spacial score (nSPS) is 17.7. The van der Waals surface area contributed by atoms with Crippen molar-refractivity contribution in [3.05, 3.63) is 30.1 Å². The number of guanidine groups is 1. The topological polar surface area (TPSA) is 86.7 Å². The highest BCUT2D eigenvalue weighted by molar-refractivity contribution is 7.90. The number of hydrogen-bond donors (Lipinski definition) is 2. The molecule has 0 radical (unpaired) electrons. The number of aromatic nitrogens is 1. The molecule has 0 saturated carbocycles. The number of pyridine rings is 1. The summed E-state index contributed by atoms with van der Waals surface area (Å²) in [6, 6.07) is 3.67.